The van der Waals surface area contributed by atoms with Gasteiger partial charge in [-0.15, -0.1) is 0 Å². The number of nitrogens with zero attached hydrogens (tertiary/aromatic N) is 2. The molecule has 21 heavy (non-hydrogen) atoms. The van der Waals surface area contributed by atoms with E-state index in [1.54, 1.807) is 6.20 Å². The molecule has 1 aromatic rings. The average Bonchev–Trinajstić information content (AvgIpc) is 3.05. The summed E-state index contributed by atoms with van der Waals surface area (Å²) in [6.07, 6.45) is 8.77. The van der Waals surface area contributed by atoms with E-state index in [-0.39, 0.29) is 11.5 Å². The van der Waals surface area contributed by atoms with Crippen molar-refractivity contribution in [1.29, 1.82) is 0 Å². The van der Waals surface area contributed by atoms with Crippen molar-refractivity contribution in [2.75, 3.05) is 19.6 Å². The summed E-state index contributed by atoms with van der Waals surface area (Å²) in [5.41, 5.74) is 1.04. The van der Waals surface area contributed by atoms with E-state index in [1.807, 2.05) is 12.3 Å². The number of rotatable bonds is 3. The summed E-state index contributed by atoms with van der Waals surface area (Å²) >= 11 is 0. The van der Waals surface area contributed by atoms with Gasteiger partial charge in [0.1, 0.15) is 0 Å². The molecule has 0 radical (unpaired) electrons. The van der Waals surface area contributed by atoms with Crippen LogP contribution >= 0.6 is 0 Å². The lowest BCUT2D eigenvalue weighted by Gasteiger charge is -2.40. The molecule has 2 fully saturated rings. The number of pyridine rings is 1. The summed E-state index contributed by atoms with van der Waals surface area (Å²) in [5, 5.41) is 3.38. The minimum Gasteiger partial charge on any atom is -0.335 e. The second-order valence-electron chi connectivity index (χ2n) is 6.33. The molecule has 2 saturated heterocycles. The van der Waals surface area contributed by atoms with Crippen LogP contribution in [0.3, 0.4) is 0 Å². The molecule has 2 aliphatic heterocycles. The van der Waals surface area contributed by atoms with E-state index in [1.165, 1.54) is 5.56 Å². The van der Waals surface area contributed by atoms with E-state index in [0.717, 1.165) is 51.7 Å². The van der Waals surface area contributed by atoms with Gasteiger partial charge < -0.3 is 10.2 Å². The zero-order valence-electron chi connectivity index (χ0n) is 12.8. The molecule has 114 valence electrons. The van der Waals surface area contributed by atoms with E-state index in [0.29, 0.717) is 5.91 Å². The molecule has 1 aromatic heterocycles. The maximum absolute atomic E-state index is 13.2. The maximum atomic E-state index is 13.2. The Bertz CT molecular complexity index is 482. The fourth-order valence-electron chi connectivity index (χ4n) is 3.86. The summed E-state index contributed by atoms with van der Waals surface area (Å²) in [7, 11) is 0. The Hall–Kier alpha value is -1.42. The van der Waals surface area contributed by atoms with Crippen molar-refractivity contribution in [3.05, 3.63) is 30.1 Å². The fraction of sp³-hybridized carbons (Fsp3) is 0.647. The van der Waals surface area contributed by atoms with Gasteiger partial charge in [-0.25, -0.2) is 0 Å². The van der Waals surface area contributed by atoms with E-state index >= 15 is 0 Å². The first kappa shape index (κ1) is 14.5. The molecule has 2 aliphatic rings. The number of aromatic nitrogens is 1. The van der Waals surface area contributed by atoms with Crippen LogP contribution in [0.15, 0.2) is 24.5 Å². The van der Waals surface area contributed by atoms with Crippen LogP contribution in [-0.4, -0.2) is 35.4 Å². The van der Waals surface area contributed by atoms with Crippen molar-refractivity contribution in [3.8, 4) is 0 Å². The zero-order valence-corrected chi connectivity index (χ0v) is 12.8. The van der Waals surface area contributed by atoms with Crippen LogP contribution in [0.2, 0.25) is 0 Å². The second-order valence-corrected chi connectivity index (χ2v) is 6.33. The Morgan fingerprint density at radius 3 is 2.95 bits per heavy atom. The van der Waals surface area contributed by atoms with Gasteiger partial charge in [0.05, 0.1) is 11.5 Å². The number of piperidine rings is 1. The molecule has 3 rings (SSSR count). The quantitative estimate of drug-likeness (QED) is 0.929. The summed E-state index contributed by atoms with van der Waals surface area (Å²) in [5.74, 6) is 0.373. The molecule has 4 heteroatoms. The van der Waals surface area contributed by atoms with Crippen LogP contribution in [0, 0.1) is 5.41 Å². The number of hydrogen-bond acceptors (Lipinski definition) is 3. The SMILES string of the molecule is CCC1(C(=O)N2CCCC2c2cccnc2)CCNCC1. The van der Waals surface area contributed by atoms with Gasteiger partial charge in [-0.05, 0) is 56.8 Å². The van der Waals surface area contributed by atoms with Gasteiger partial charge in [0.15, 0.2) is 0 Å². The average molecular weight is 287 g/mol. The summed E-state index contributed by atoms with van der Waals surface area (Å²) in [6, 6.07) is 4.30. The van der Waals surface area contributed by atoms with Crippen molar-refractivity contribution >= 4 is 5.91 Å². The van der Waals surface area contributed by atoms with Crippen LogP contribution in [-0.2, 0) is 4.79 Å². The Morgan fingerprint density at radius 2 is 2.29 bits per heavy atom. The van der Waals surface area contributed by atoms with Gasteiger partial charge in [-0.3, -0.25) is 9.78 Å². The number of amides is 1. The molecule has 0 aromatic carbocycles. The topological polar surface area (TPSA) is 45.2 Å². The van der Waals surface area contributed by atoms with E-state index in [4.69, 9.17) is 0 Å². The smallest absolute Gasteiger partial charge is 0.229 e. The summed E-state index contributed by atoms with van der Waals surface area (Å²) < 4.78 is 0. The van der Waals surface area contributed by atoms with E-state index < -0.39 is 0 Å². The standard InChI is InChI=1S/C17H25N3O/c1-2-17(7-10-18-11-8-17)16(21)20-12-4-6-15(20)14-5-3-9-19-13-14/h3,5,9,13,15,18H,2,4,6-8,10-12H2,1H3. The normalized spacial score (nSPS) is 25.0. The Labute approximate surface area is 126 Å². The van der Waals surface area contributed by atoms with Crippen molar-refractivity contribution in [2.24, 2.45) is 5.41 Å². The molecule has 0 bridgehead atoms. The highest BCUT2D eigenvalue weighted by atomic mass is 16.2. The summed E-state index contributed by atoms with van der Waals surface area (Å²) in [4.78, 5) is 19.6. The predicted octanol–water partition coefficient (Wildman–Crippen LogP) is 2.52. The van der Waals surface area contributed by atoms with Gasteiger partial charge in [-0.2, -0.15) is 0 Å². The molecule has 0 aliphatic carbocycles. The number of hydrogen-bond donors (Lipinski definition) is 1. The molecular weight excluding hydrogens is 262 g/mol. The molecule has 1 N–H and O–H groups in total. The third-order valence-electron chi connectivity index (χ3n) is 5.27. The molecule has 3 heterocycles. The summed E-state index contributed by atoms with van der Waals surface area (Å²) in [6.45, 7) is 4.99. The highest BCUT2D eigenvalue weighted by molar-refractivity contribution is 5.83. The highest BCUT2D eigenvalue weighted by Crippen LogP contribution is 2.40. The Balaban J connectivity index is 1.82. The van der Waals surface area contributed by atoms with Gasteiger partial charge >= 0.3 is 0 Å². The minimum absolute atomic E-state index is 0.143. The Morgan fingerprint density at radius 1 is 1.48 bits per heavy atom. The number of carbonyl (C=O) groups excluding carboxylic acids is 1. The van der Waals surface area contributed by atoms with Crippen LogP contribution in [0.25, 0.3) is 0 Å². The predicted molar refractivity (Wildman–Crippen MR) is 82.8 cm³/mol. The lowest BCUT2D eigenvalue weighted by molar-refractivity contribution is -0.145. The van der Waals surface area contributed by atoms with Crippen molar-refractivity contribution in [2.45, 2.75) is 45.1 Å². The van der Waals surface area contributed by atoms with E-state index in [2.05, 4.69) is 28.2 Å². The fourth-order valence-corrected chi connectivity index (χ4v) is 3.86. The van der Waals surface area contributed by atoms with Gasteiger partial charge in [0.25, 0.3) is 0 Å². The Kier molecular flexibility index (Phi) is 4.24. The van der Waals surface area contributed by atoms with Crippen LogP contribution in [0.4, 0.5) is 0 Å². The lowest BCUT2D eigenvalue weighted by Crippen LogP contribution is -2.48. The molecule has 4 nitrogen and oxygen atoms in total. The van der Waals surface area contributed by atoms with Gasteiger partial charge in [0.2, 0.25) is 5.91 Å². The van der Waals surface area contributed by atoms with Gasteiger partial charge in [0, 0.05) is 18.9 Å². The largest absolute Gasteiger partial charge is 0.335 e. The molecular formula is C17H25N3O. The number of likely N-dealkylation sites (tertiary alicyclic amines) is 1. The lowest BCUT2D eigenvalue weighted by atomic mass is 9.75. The molecule has 0 spiro atoms. The van der Waals surface area contributed by atoms with E-state index in [9.17, 15) is 4.79 Å². The van der Waals surface area contributed by atoms with Crippen LogP contribution < -0.4 is 5.32 Å². The molecule has 1 unspecified atom stereocenters. The first-order valence-corrected chi connectivity index (χ1v) is 8.18. The maximum Gasteiger partial charge on any atom is 0.229 e. The van der Waals surface area contributed by atoms with Gasteiger partial charge in [-0.1, -0.05) is 13.0 Å². The highest BCUT2D eigenvalue weighted by Gasteiger charge is 2.43. The molecule has 1 atom stereocenters. The number of carbonyl (C=O) groups is 1. The first-order valence-electron chi connectivity index (χ1n) is 8.18. The van der Waals surface area contributed by atoms with Crippen molar-refractivity contribution < 1.29 is 4.79 Å². The third-order valence-corrected chi connectivity index (χ3v) is 5.27. The zero-order chi connectivity index (χ0) is 14.7. The second kappa shape index (κ2) is 6.14. The van der Waals surface area contributed by atoms with Crippen molar-refractivity contribution in [3.63, 3.8) is 0 Å². The molecule has 1 amide bonds. The number of nitrogens with one attached hydrogen (secondary N) is 1. The third kappa shape index (κ3) is 2.69. The van der Waals surface area contributed by atoms with Crippen LogP contribution in [0.5, 0.6) is 0 Å². The monoisotopic (exact) mass is 287 g/mol. The molecule has 0 saturated carbocycles. The minimum atomic E-state index is -0.143. The van der Waals surface area contributed by atoms with Crippen molar-refractivity contribution in [1.82, 2.24) is 15.2 Å². The first-order chi connectivity index (χ1) is 10.3. The van der Waals surface area contributed by atoms with Crippen LogP contribution in [0.1, 0.15) is 50.6 Å².